The Morgan fingerprint density at radius 2 is 1.67 bits per heavy atom. The molecule has 0 amide bonds. The van der Waals surface area contributed by atoms with Crippen molar-refractivity contribution in [2.75, 3.05) is 54.1 Å². The van der Waals surface area contributed by atoms with E-state index < -0.39 is 7.82 Å². The molecule has 0 fully saturated rings. The van der Waals surface area contributed by atoms with Gasteiger partial charge in [-0.25, -0.2) is 0 Å². The fourth-order valence-electron chi connectivity index (χ4n) is 1.02. The standard InChI is InChI=1S/C11H26NO5P/c1-5-6-8-15-10-11-17-18(13,14)16-9-7-12(2,3)4/h5-11H2,1-4H3. The molecule has 1 unspecified atom stereocenters. The third-order valence-electron chi connectivity index (χ3n) is 2.13. The molecular formula is C11H26NO5P. The van der Waals surface area contributed by atoms with Crippen LogP contribution in [-0.4, -0.2) is 58.6 Å². The van der Waals surface area contributed by atoms with E-state index in [1.807, 2.05) is 21.1 Å². The molecule has 110 valence electrons. The van der Waals surface area contributed by atoms with E-state index in [0.717, 1.165) is 12.8 Å². The summed E-state index contributed by atoms with van der Waals surface area (Å²) < 4.78 is 26.6. The van der Waals surface area contributed by atoms with Gasteiger partial charge >= 0.3 is 0 Å². The zero-order valence-electron chi connectivity index (χ0n) is 11.9. The average molecular weight is 283 g/mol. The third-order valence-corrected chi connectivity index (χ3v) is 3.13. The van der Waals surface area contributed by atoms with Crippen LogP contribution in [0.15, 0.2) is 0 Å². The molecular weight excluding hydrogens is 257 g/mol. The van der Waals surface area contributed by atoms with E-state index in [2.05, 4.69) is 11.4 Å². The molecule has 0 aliphatic rings. The summed E-state index contributed by atoms with van der Waals surface area (Å²) in [7, 11) is 1.71. The maximum Gasteiger partial charge on any atom is 0.268 e. The van der Waals surface area contributed by atoms with Crippen LogP contribution in [0.2, 0.25) is 0 Å². The molecule has 18 heavy (non-hydrogen) atoms. The van der Waals surface area contributed by atoms with E-state index in [9.17, 15) is 9.46 Å². The molecule has 7 heteroatoms. The van der Waals surface area contributed by atoms with Gasteiger partial charge in [-0.2, -0.15) is 0 Å². The van der Waals surface area contributed by atoms with E-state index in [1.165, 1.54) is 0 Å². The van der Waals surface area contributed by atoms with Crippen molar-refractivity contribution in [1.82, 2.24) is 0 Å². The van der Waals surface area contributed by atoms with Crippen LogP contribution in [0.3, 0.4) is 0 Å². The number of nitrogens with zero attached hydrogens (tertiary/aromatic N) is 1. The van der Waals surface area contributed by atoms with Crippen molar-refractivity contribution in [1.29, 1.82) is 0 Å². The molecule has 0 rings (SSSR count). The van der Waals surface area contributed by atoms with Crippen LogP contribution in [-0.2, 0) is 18.3 Å². The van der Waals surface area contributed by atoms with Gasteiger partial charge in [0.05, 0.1) is 34.4 Å². The molecule has 0 bridgehead atoms. The highest BCUT2D eigenvalue weighted by atomic mass is 31.2. The lowest BCUT2D eigenvalue weighted by atomic mass is 10.4. The molecule has 0 aliphatic heterocycles. The lowest BCUT2D eigenvalue weighted by Gasteiger charge is -2.27. The Hall–Kier alpha value is 0.0300. The van der Waals surface area contributed by atoms with E-state index in [4.69, 9.17) is 9.26 Å². The first kappa shape index (κ1) is 18.0. The van der Waals surface area contributed by atoms with Crippen molar-refractivity contribution < 1.29 is 27.7 Å². The average Bonchev–Trinajstić information content (AvgIpc) is 2.21. The molecule has 0 heterocycles. The summed E-state index contributed by atoms with van der Waals surface area (Å²) >= 11 is 0. The van der Waals surface area contributed by atoms with Crippen LogP contribution >= 0.6 is 7.82 Å². The van der Waals surface area contributed by atoms with Gasteiger partial charge in [-0.3, -0.25) is 4.57 Å². The fraction of sp³-hybridized carbons (Fsp3) is 1.00. The Labute approximate surface area is 110 Å². The van der Waals surface area contributed by atoms with E-state index in [-0.39, 0.29) is 19.8 Å². The van der Waals surface area contributed by atoms with E-state index >= 15 is 0 Å². The Morgan fingerprint density at radius 3 is 2.22 bits per heavy atom. The lowest BCUT2D eigenvalue weighted by Crippen LogP contribution is -2.37. The Morgan fingerprint density at radius 1 is 1.06 bits per heavy atom. The number of hydrogen-bond donors (Lipinski definition) is 0. The zero-order chi connectivity index (χ0) is 14.1. The topological polar surface area (TPSA) is 67.8 Å². The molecule has 0 radical (unpaired) electrons. The van der Waals surface area contributed by atoms with E-state index in [1.54, 1.807) is 0 Å². The van der Waals surface area contributed by atoms with Gasteiger partial charge in [0, 0.05) is 6.61 Å². The summed E-state index contributed by atoms with van der Waals surface area (Å²) in [6.45, 7) is 3.70. The highest BCUT2D eigenvalue weighted by molar-refractivity contribution is 7.45. The Bertz CT molecular complexity index is 254. The van der Waals surface area contributed by atoms with Crippen molar-refractivity contribution in [3.63, 3.8) is 0 Å². The Kier molecular flexibility index (Phi) is 9.03. The second-order valence-corrected chi connectivity index (χ2v) is 6.50. The predicted octanol–water partition coefficient (Wildman–Crippen LogP) is 1.01. The number of hydrogen-bond acceptors (Lipinski definition) is 5. The van der Waals surface area contributed by atoms with Gasteiger partial charge in [0.2, 0.25) is 0 Å². The summed E-state index contributed by atoms with van der Waals surface area (Å²) in [4.78, 5) is 11.3. The quantitative estimate of drug-likeness (QED) is 0.321. The van der Waals surface area contributed by atoms with Crippen LogP contribution in [0, 0.1) is 0 Å². The molecule has 0 N–H and O–H groups in total. The van der Waals surface area contributed by atoms with Gasteiger partial charge in [-0.15, -0.1) is 0 Å². The maximum absolute atomic E-state index is 11.3. The molecule has 0 aromatic rings. The number of quaternary nitrogens is 1. The molecule has 0 saturated carbocycles. The molecule has 6 nitrogen and oxygen atoms in total. The molecule has 1 atom stereocenters. The van der Waals surface area contributed by atoms with E-state index in [0.29, 0.717) is 17.6 Å². The van der Waals surface area contributed by atoms with Crippen LogP contribution < -0.4 is 4.89 Å². The van der Waals surface area contributed by atoms with Gasteiger partial charge in [0.15, 0.2) is 0 Å². The highest BCUT2D eigenvalue weighted by Crippen LogP contribution is 2.37. The minimum atomic E-state index is -4.17. The summed E-state index contributed by atoms with van der Waals surface area (Å²) in [5.74, 6) is 0. The first-order valence-electron chi connectivity index (χ1n) is 6.25. The predicted molar refractivity (Wildman–Crippen MR) is 68.1 cm³/mol. The first-order valence-corrected chi connectivity index (χ1v) is 7.71. The van der Waals surface area contributed by atoms with Crippen molar-refractivity contribution in [2.24, 2.45) is 0 Å². The highest BCUT2D eigenvalue weighted by Gasteiger charge is 2.12. The number of phosphoric acid groups is 1. The lowest BCUT2D eigenvalue weighted by molar-refractivity contribution is -0.870. The van der Waals surface area contributed by atoms with Crippen LogP contribution in [0.25, 0.3) is 0 Å². The molecule has 0 aromatic heterocycles. The van der Waals surface area contributed by atoms with Gasteiger partial charge in [-0.05, 0) is 6.42 Å². The SMILES string of the molecule is CCCCOCCOP(=O)([O-])OCC[N+](C)(C)C. The largest absolute Gasteiger partial charge is 0.756 e. The second kappa shape index (κ2) is 9.02. The Balaban J connectivity index is 3.58. The van der Waals surface area contributed by atoms with Crippen LogP contribution in [0.4, 0.5) is 0 Å². The second-order valence-electron chi connectivity index (χ2n) is 5.09. The minimum Gasteiger partial charge on any atom is -0.756 e. The molecule has 0 aliphatic carbocycles. The summed E-state index contributed by atoms with van der Waals surface area (Å²) in [5, 5.41) is 0. The van der Waals surface area contributed by atoms with Gasteiger partial charge < -0.3 is 23.2 Å². The van der Waals surface area contributed by atoms with Crippen LogP contribution in [0.1, 0.15) is 19.8 Å². The van der Waals surface area contributed by atoms with Crippen molar-refractivity contribution in [3.05, 3.63) is 0 Å². The monoisotopic (exact) mass is 283 g/mol. The molecule has 0 aromatic carbocycles. The number of ether oxygens (including phenoxy) is 1. The molecule has 0 spiro atoms. The van der Waals surface area contributed by atoms with Crippen molar-refractivity contribution in [3.8, 4) is 0 Å². The van der Waals surface area contributed by atoms with Crippen molar-refractivity contribution >= 4 is 7.82 Å². The zero-order valence-corrected chi connectivity index (χ0v) is 12.8. The van der Waals surface area contributed by atoms with Crippen LogP contribution in [0.5, 0.6) is 0 Å². The number of likely N-dealkylation sites (N-methyl/N-ethyl adjacent to an activating group) is 1. The molecule has 0 saturated heterocycles. The minimum absolute atomic E-state index is 0.00880. The summed E-state index contributed by atoms with van der Waals surface area (Å²) in [5.41, 5.74) is 0. The van der Waals surface area contributed by atoms with Gasteiger partial charge in [-0.1, -0.05) is 13.3 Å². The van der Waals surface area contributed by atoms with Gasteiger partial charge in [0.25, 0.3) is 7.82 Å². The van der Waals surface area contributed by atoms with Gasteiger partial charge in [0.1, 0.15) is 13.2 Å². The third kappa shape index (κ3) is 12.5. The van der Waals surface area contributed by atoms with Crippen molar-refractivity contribution in [2.45, 2.75) is 19.8 Å². The normalized spacial score (nSPS) is 15.6. The smallest absolute Gasteiger partial charge is 0.268 e. The maximum atomic E-state index is 11.3. The number of phosphoric ester groups is 1. The number of unbranched alkanes of at least 4 members (excludes halogenated alkanes) is 1. The fourth-order valence-corrected chi connectivity index (χ4v) is 1.70. The summed E-state index contributed by atoms with van der Waals surface area (Å²) in [6, 6.07) is 0. The summed E-state index contributed by atoms with van der Waals surface area (Å²) in [6.07, 6.45) is 2.02. The first-order chi connectivity index (χ1) is 8.27. The number of rotatable bonds is 11.